The number of hydrogen-bond donors (Lipinski definition) is 2. The summed E-state index contributed by atoms with van der Waals surface area (Å²) >= 11 is 0. The van der Waals surface area contributed by atoms with Crippen LogP contribution in [0.3, 0.4) is 0 Å². The Bertz CT molecular complexity index is 513. The molecule has 24 heavy (non-hydrogen) atoms. The molecule has 0 spiro atoms. The number of carbonyl (C=O) groups is 1. The van der Waals surface area contributed by atoms with E-state index in [4.69, 9.17) is 9.84 Å². The first-order valence-corrected chi connectivity index (χ1v) is 7.81. The number of rotatable bonds is 7. The number of methoxy groups -OCH3 is 1. The highest BCUT2D eigenvalue weighted by atomic mass is 35.5. The SMILES string of the molecule is COc1ccccc1N1CCN(CC(F)CCNC(=O)O)CC1.Cl. The summed E-state index contributed by atoms with van der Waals surface area (Å²) in [6, 6.07) is 7.90. The molecule has 6 nitrogen and oxygen atoms in total. The third kappa shape index (κ3) is 6.05. The van der Waals surface area contributed by atoms with E-state index in [0.717, 1.165) is 37.6 Å². The third-order valence-electron chi connectivity index (χ3n) is 3.99. The van der Waals surface area contributed by atoms with Crippen LogP contribution in [-0.2, 0) is 0 Å². The van der Waals surface area contributed by atoms with Gasteiger partial charge >= 0.3 is 6.09 Å². The van der Waals surface area contributed by atoms with E-state index in [2.05, 4.69) is 15.1 Å². The number of halogens is 2. The van der Waals surface area contributed by atoms with Crippen LogP contribution in [0.25, 0.3) is 0 Å². The number of piperazine rings is 1. The van der Waals surface area contributed by atoms with E-state index in [1.807, 2.05) is 24.3 Å². The molecule has 0 bridgehead atoms. The van der Waals surface area contributed by atoms with E-state index in [1.165, 1.54) is 0 Å². The van der Waals surface area contributed by atoms with Crippen molar-refractivity contribution >= 4 is 24.2 Å². The minimum Gasteiger partial charge on any atom is -0.495 e. The van der Waals surface area contributed by atoms with Gasteiger partial charge in [-0.2, -0.15) is 0 Å². The van der Waals surface area contributed by atoms with Crippen molar-refractivity contribution in [3.05, 3.63) is 24.3 Å². The molecule has 1 aliphatic rings. The number of nitrogens with zero attached hydrogens (tertiary/aromatic N) is 2. The van der Waals surface area contributed by atoms with Gasteiger partial charge < -0.3 is 20.1 Å². The molecule has 0 aromatic heterocycles. The number of benzene rings is 1. The second-order valence-corrected chi connectivity index (χ2v) is 5.58. The first kappa shape index (κ1) is 20.3. The Morgan fingerprint density at radius 2 is 2.00 bits per heavy atom. The molecule has 8 heteroatoms. The van der Waals surface area contributed by atoms with Crippen molar-refractivity contribution in [1.29, 1.82) is 0 Å². The van der Waals surface area contributed by atoms with Crippen LogP contribution in [0.4, 0.5) is 14.9 Å². The molecule has 1 saturated heterocycles. The molecule has 0 saturated carbocycles. The van der Waals surface area contributed by atoms with Crippen molar-refractivity contribution in [2.75, 3.05) is 51.3 Å². The zero-order chi connectivity index (χ0) is 16.7. The van der Waals surface area contributed by atoms with Crippen molar-refractivity contribution in [3.8, 4) is 5.75 Å². The summed E-state index contributed by atoms with van der Waals surface area (Å²) < 4.78 is 19.3. The Morgan fingerprint density at radius 3 is 2.62 bits per heavy atom. The van der Waals surface area contributed by atoms with E-state index in [-0.39, 0.29) is 25.4 Å². The summed E-state index contributed by atoms with van der Waals surface area (Å²) in [5.74, 6) is 0.851. The maximum Gasteiger partial charge on any atom is 0.404 e. The highest BCUT2D eigenvalue weighted by Gasteiger charge is 2.21. The fourth-order valence-electron chi connectivity index (χ4n) is 2.77. The Labute approximate surface area is 148 Å². The lowest BCUT2D eigenvalue weighted by atomic mass is 10.2. The summed E-state index contributed by atoms with van der Waals surface area (Å²) in [5, 5.41) is 10.7. The molecule has 2 N–H and O–H groups in total. The summed E-state index contributed by atoms with van der Waals surface area (Å²) in [4.78, 5) is 14.7. The van der Waals surface area contributed by atoms with Crippen LogP contribution < -0.4 is 15.0 Å². The van der Waals surface area contributed by atoms with Crippen LogP contribution in [0.2, 0.25) is 0 Å². The molecule has 1 fully saturated rings. The van der Waals surface area contributed by atoms with Crippen molar-refractivity contribution in [1.82, 2.24) is 10.2 Å². The highest BCUT2D eigenvalue weighted by molar-refractivity contribution is 5.85. The molecule has 1 amide bonds. The van der Waals surface area contributed by atoms with E-state index < -0.39 is 12.3 Å². The van der Waals surface area contributed by atoms with Crippen LogP contribution in [0, 0.1) is 0 Å². The minimum absolute atomic E-state index is 0. The van der Waals surface area contributed by atoms with Gasteiger partial charge in [0, 0.05) is 39.3 Å². The Kier molecular flexibility index (Phi) is 8.63. The number of alkyl halides is 1. The summed E-state index contributed by atoms with van der Waals surface area (Å²) in [7, 11) is 1.66. The smallest absolute Gasteiger partial charge is 0.404 e. The number of ether oxygens (including phenoxy) is 1. The Morgan fingerprint density at radius 1 is 1.33 bits per heavy atom. The monoisotopic (exact) mass is 361 g/mol. The van der Waals surface area contributed by atoms with E-state index in [1.54, 1.807) is 7.11 Å². The number of anilines is 1. The molecule has 1 aromatic carbocycles. The van der Waals surface area contributed by atoms with Gasteiger partial charge in [-0.25, -0.2) is 9.18 Å². The molecular weight excluding hydrogens is 337 g/mol. The van der Waals surface area contributed by atoms with Gasteiger partial charge in [0.2, 0.25) is 0 Å². The number of hydrogen-bond acceptors (Lipinski definition) is 4. The molecule has 2 rings (SSSR count). The normalized spacial score (nSPS) is 16.2. The fraction of sp³-hybridized carbons (Fsp3) is 0.562. The minimum atomic E-state index is -1.11. The summed E-state index contributed by atoms with van der Waals surface area (Å²) in [6.07, 6.45) is -1.92. The molecule has 1 aromatic rings. The standard InChI is InChI=1S/C16H24FN3O3.ClH/c1-23-15-5-3-2-4-14(15)20-10-8-19(9-11-20)12-13(17)6-7-18-16(21)22;/h2-5,13,18H,6-12H2,1H3,(H,21,22);1H. The first-order chi connectivity index (χ1) is 11.1. The zero-order valence-electron chi connectivity index (χ0n) is 13.8. The molecular formula is C16H25ClFN3O3. The predicted molar refractivity (Wildman–Crippen MR) is 94.4 cm³/mol. The molecule has 136 valence electrons. The lowest BCUT2D eigenvalue weighted by molar-refractivity contribution is 0.171. The molecule has 1 unspecified atom stereocenters. The maximum absolute atomic E-state index is 13.9. The second kappa shape index (κ2) is 10.2. The van der Waals surface area contributed by atoms with Gasteiger partial charge in [-0.1, -0.05) is 12.1 Å². The fourth-order valence-corrected chi connectivity index (χ4v) is 2.77. The number of carboxylic acid groups (broad SMARTS) is 1. The first-order valence-electron chi connectivity index (χ1n) is 7.81. The highest BCUT2D eigenvalue weighted by Crippen LogP contribution is 2.28. The zero-order valence-corrected chi connectivity index (χ0v) is 14.6. The van der Waals surface area contributed by atoms with Gasteiger partial charge in [0.15, 0.2) is 0 Å². The van der Waals surface area contributed by atoms with Gasteiger partial charge in [-0.3, -0.25) is 4.90 Å². The average molecular weight is 362 g/mol. The predicted octanol–water partition coefficient (Wildman–Crippen LogP) is 2.23. The van der Waals surface area contributed by atoms with Gasteiger partial charge in [-0.15, -0.1) is 12.4 Å². The van der Waals surface area contributed by atoms with Crippen molar-refractivity contribution < 1.29 is 19.0 Å². The van der Waals surface area contributed by atoms with Crippen LogP contribution in [0.15, 0.2) is 24.3 Å². The average Bonchev–Trinajstić information content (AvgIpc) is 2.55. The lowest BCUT2D eigenvalue weighted by Gasteiger charge is -2.37. The number of amides is 1. The number of para-hydroxylation sites is 2. The number of nitrogens with one attached hydrogen (secondary N) is 1. The van der Waals surface area contributed by atoms with Gasteiger partial charge in [-0.05, 0) is 18.6 Å². The van der Waals surface area contributed by atoms with Crippen LogP contribution in [-0.4, -0.2) is 68.6 Å². The van der Waals surface area contributed by atoms with Gasteiger partial charge in [0.25, 0.3) is 0 Å². The van der Waals surface area contributed by atoms with Crippen molar-refractivity contribution in [3.63, 3.8) is 0 Å². The van der Waals surface area contributed by atoms with Crippen molar-refractivity contribution in [2.24, 2.45) is 0 Å². The van der Waals surface area contributed by atoms with E-state index in [9.17, 15) is 9.18 Å². The topological polar surface area (TPSA) is 65.0 Å². The molecule has 1 aliphatic heterocycles. The van der Waals surface area contributed by atoms with E-state index in [0.29, 0.717) is 6.54 Å². The molecule has 1 heterocycles. The second-order valence-electron chi connectivity index (χ2n) is 5.58. The van der Waals surface area contributed by atoms with Crippen LogP contribution >= 0.6 is 12.4 Å². The van der Waals surface area contributed by atoms with Crippen LogP contribution in [0.1, 0.15) is 6.42 Å². The third-order valence-corrected chi connectivity index (χ3v) is 3.99. The lowest BCUT2D eigenvalue weighted by Crippen LogP contribution is -2.48. The Hall–Kier alpha value is -1.73. The molecule has 1 atom stereocenters. The van der Waals surface area contributed by atoms with Gasteiger partial charge in [0.1, 0.15) is 11.9 Å². The largest absolute Gasteiger partial charge is 0.495 e. The summed E-state index contributed by atoms with van der Waals surface area (Å²) in [5.41, 5.74) is 1.07. The summed E-state index contributed by atoms with van der Waals surface area (Å²) in [6.45, 7) is 3.70. The molecule has 0 aliphatic carbocycles. The quantitative estimate of drug-likeness (QED) is 0.779. The molecule has 0 radical (unpaired) electrons. The van der Waals surface area contributed by atoms with Crippen molar-refractivity contribution in [2.45, 2.75) is 12.6 Å². The Balaban J connectivity index is 0.00000288. The van der Waals surface area contributed by atoms with Gasteiger partial charge in [0.05, 0.1) is 12.8 Å². The van der Waals surface area contributed by atoms with Crippen LogP contribution in [0.5, 0.6) is 5.75 Å². The maximum atomic E-state index is 13.9. The van der Waals surface area contributed by atoms with E-state index >= 15 is 0 Å².